The van der Waals surface area contributed by atoms with Gasteiger partial charge in [0.1, 0.15) is 17.5 Å². The summed E-state index contributed by atoms with van der Waals surface area (Å²) in [6, 6.07) is 3.84. The maximum Gasteiger partial charge on any atom is 0.407 e. The number of aliphatic imine (C=N–C) groups is 1. The van der Waals surface area contributed by atoms with Crippen LogP contribution in [0.5, 0.6) is 0 Å². The molecule has 0 bridgehead atoms. The Balaban J connectivity index is 1.33. The Bertz CT molecular complexity index is 1370. The van der Waals surface area contributed by atoms with Crippen molar-refractivity contribution in [3.05, 3.63) is 61.9 Å². The molecule has 2 N–H and O–H groups in total. The third kappa shape index (κ3) is 7.03. The van der Waals surface area contributed by atoms with Crippen LogP contribution in [0.2, 0.25) is 0 Å². The van der Waals surface area contributed by atoms with E-state index < -0.39 is 17.6 Å². The first kappa shape index (κ1) is 30.6. The zero-order valence-electron chi connectivity index (χ0n) is 24.3. The number of thiazole rings is 1. The van der Waals surface area contributed by atoms with E-state index in [1.54, 1.807) is 19.2 Å². The summed E-state index contributed by atoms with van der Waals surface area (Å²) in [6.45, 7) is 9.80. The number of benzene rings is 1. The first-order valence-electron chi connectivity index (χ1n) is 14.3. The zero-order chi connectivity index (χ0) is 30.1. The van der Waals surface area contributed by atoms with E-state index >= 15 is 0 Å². The molecule has 1 amide bonds. The predicted octanol–water partition coefficient (Wildman–Crippen LogP) is 5.72. The topological polar surface area (TPSA) is 105 Å². The van der Waals surface area contributed by atoms with Crippen molar-refractivity contribution in [2.45, 2.75) is 71.1 Å². The Morgan fingerprint density at radius 3 is 2.62 bits per heavy atom. The van der Waals surface area contributed by atoms with Gasteiger partial charge in [0.05, 0.1) is 12.2 Å². The van der Waals surface area contributed by atoms with E-state index in [0.717, 1.165) is 38.8 Å². The number of halogens is 2. The highest BCUT2D eigenvalue weighted by atomic mass is 79.9. The summed E-state index contributed by atoms with van der Waals surface area (Å²) >= 11 is 4.94. The van der Waals surface area contributed by atoms with Gasteiger partial charge >= 0.3 is 12.1 Å². The van der Waals surface area contributed by atoms with E-state index in [2.05, 4.69) is 36.4 Å². The average molecular weight is 663 g/mol. The number of piperidine rings is 1. The molecule has 1 atom stereocenters. The third-order valence-electron chi connectivity index (χ3n) is 7.89. The molecule has 1 aromatic heterocycles. The number of likely N-dealkylation sites (tertiary alicyclic amines) is 1. The van der Waals surface area contributed by atoms with Crippen molar-refractivity contribution in [2.24, 2.45) is 10.4 Å². The lowest BCUT2D eigenvalue weighted by Gasteiger charge is -2.52. The highest BCUT2D eigenvalue weighted by Crippen LogP contribution is 2.49. The summed E-state index contributed by atoms with van der Waals surface area (Å²) in [5.41, 5.74) is 1.49. The number of nitrogens with one attached hydrogen (secondary N) is 2. The zero-order valence-corrected chi connectivity index (χ0v) is 26.7. The standard InChI is InChI=1S/C30H37BrFN5O4S/c1-5-40-27(38)23-22(17-37-11-8-30(9-12-37)15-19(16-30)34-28(39)41-29(2,3)4)35-25(26-33-10-13-42-26)36-24(23)20-7-6-18(32)14-21(20)31/h6-7,10,13-14,19,24H,5,8-9,11-12,15-17H2,1-4H3,(H,34,39)(H,35,36). The lowest BCUT2D eigenvalue weighted by Crippen LogP contribution is -2.55. The van der Waals surface area contributed by atoms with E-state index in [4.69, 9.17) is 14.5 Å². The second-order valence-corrected chi connectivity index (χ2v) is 13.9. The fourth-order valence-electron chi connectivity index (χ4n) is 5.95. The van der Waals surface area contributed by atoms with Gasteiger partial charge in [-0.25, -0.2) is 19.0 Å². The minimum Gasteiger partial charge on any atom is -0.463 e. The van der Waals surface area contributed by atoms with Gasteiger partial charge in [0, 0.05) is 34.3 Å². The molecule has 3 aliphatic rings. The van der Waals surface area contributed by atoms with Crippen LogP contribution in [0.3, 0.4) is 0 Å². The summed E-state index contributed by atoms with van der Waals surface area (Å²) < 4.78 is 25.4. The van der Waals surface area contributed by atoms with Crippen LogP contribution in [0.15, 0.2) is 50.5 Å². The maximum absolute atomic E-state index is 14.0. The second-order valence-electron chi connectivity index (χ2n) is 12.1. The van der Waals surface area contributed by atoms with Crippen LogP contribution in [0.25, 0.3) is 0 Å². The van der Waals surface area contributed by atoms with Crippen molar-refractivity contribution in [1.82, 2.24) is 20.5 Å². The van der Waals surface area contributed by atoms with Crippen LogP contribution in [-0.4, -0.2) is 65.7 Å². The Labute approximate surface area is 258 Å². The number of carbonyl (C=O) groups is 2. The number of alkyl carbamates (subject to hydrolysis) is 1. The molecular formula is C30H37BrFN5O4S. The van der Waals surface area contributed by atoms with Gasteiger partial charge in [0.2, 0.25) is 0 Å². The van der Waals surface area contributed by atoms with Gasteiger partial charge in [-0.1, -0.05) is 22.0 Å². The summed E-state index contributed by atoms with van der Waals surface area (Å²) in [5, 5.41) is 8.99. The van der Waals surface area contributed by atoms with E-state index in [1.807, 2.05) is 26.2 Å². The molecule has 1 saturated carbocycles. The fourth-order valence-corrected chi connectivity index (χ4v) is 7.10. The van der Waals surface area contributed by atoms with Crippen LogP contribution in [0, 0.1) is 11.2 Å². The molecule has 2 fully saturated rings. The Hall–Kier alpha value is -2.83. The molecule has 9 nitrogen and oxygen atoms in total. The van der Waals surface area contributed by atoms with Crippen LogP contribution in [-0.2, 0) is 14.3 Å². The van der Waals surface area contributed by atoms with Gasteiger partial charge in [-0.3, -0.25) is 9.89 Å². The number of amides is 1. The molecule has 3 heterocycles. The van der Waals surface area contributed by atoms with Crippen molar-refractivity contribution in [3.63, 3.8) is 0 Å². The largest absolute Gasteiger partial charge is 0.463 e. The molecule has 0 radical (unpaired) electrons. The molecular weight excluding hydrogens is 625 g/mol. The first-order valence-corrected chi connectivity index (χ1v) is 15.9. The number of nitrogens with zero attached hydrogens (tertiary/aromatic N) is 3. The van der Waals surface area contributed by atoms with Crippen LogP contribution < -0.4 is 10.6 Å². The summed E-state index contributed by atoms with van der Waals surface area (Å²) in [6.07, 6.45) is 5.24. The highest BCUT2D eigenvalue weighted by Gasteiger charge is 2.47. The lowest BCUT2D eigenvalue weighted by molar-refractivity contribution is -0.139. The van der Waals surface area contributed by atoms with E-state index in [1.165, 1.54) is 23.5 Å². The van der Waals surface area contributed by atoms with Crippen LogP contribution in [0.4, 0.5) is 9.18 Å². The van der Waals surface area contributed by atoms with Gasteiger partial charge < -0.3 is 20.1 Å². The lowest BCUT2D eigenvalue weighted by atomic mass is 9.60. The first-order chi connectivity index (χ1) is 19.9. The quantitative estimate of drug-likeness (QED) is 0.366. The Morgan fingerprint density at radius 2 is 2.00 bits per heavy atom. The van der Waals surface area contributed by atoms with Gasteiger partial charge in [0.25, 0.3) is 0 Å². The van der Waals surface area contributed by atoms with Crippen LogP contribution >= 0.6 is 27.3 Å². The maximum atomic E-state index is 14.0. The van der Waals surface area contributed by atoms with E-state index in [0.29, 0.717) is 38.7 Å². The molecule has 2 aromatic rings. The number of amidine groups is 1. The third-order valence-corrected chi connectivity index (χ3v) is 9.36. The minimum atomic E-state index is -0.698. The molecule has 1 saturated heterocycles. The number of hydrogen-bond acceptors (Lipinski definition) is 9. The summed E-state index contributed by atoms with van der Waals surface area (Å²) in [4.78, 5) is 37.3. The molecule has 5 rings (SSSR count). The fraction of sp³-hybridized carbons (Fsp3) is 0.533. The van der Waals surface area contributed by atoms with Crippen molar-refractivity contribution in [2.75, 3.05) is 26.2 Å². The monoisotopic (exact) mass is 661 g/mol. The molecule has 12 heteroatoms. The van der Waals surface area contributed by atoms with Crippen molar-refractivity contribution in [3.8, 4) is 0 Å². The number of rotatable bonds is 7. The molecule has 1 spiro atoms. The van der Waals surface area contributed by atoms with Gasteiger partial charge in [-0.2, -0.15) is 0 Å². The molecule has 226 valence electrons. The van der Waals surface area contributed by atoms with E-state index in [9.17, 15) is 14.0 Å². The summed E-state index contributed by atoms with van der Waals surface area (Å²) in [7, 11) is 0. The van der Waals surface area contributed by atoms with Gasteiger partial charge in [-0.05, 0) is 89.6 Å². The van der Waals surface area contributed by atoms with E-state index in [-0.39, 0.29) is 30.0 Å². The molecule has 1 unspecified atom stereocenters. The average Bonchev–Trinajstić information content (AvgIpc) is 3.43. The molecule has 1 aliphatic carbocycles. The number of esters is 1. The van der Waals surface area contributed by atoms with Crippen molar-refractivity contribution in [1.29, 1.82) is 0 Å². The summed E-state index contributed by atoms with van der Waals surface area (Å²) in [5.74, 6) is -0.267. The molecule has 42 heavy (non-hydrogen) atoms. The van der Waals surface area contributed by atoms with Crippen LogP contribution in [0.1, 0.15) is 70.0 Å². The minimum absolute atomic E-state index is 0.136. The SMILES string of the molecule is CCOC(=O)C1=C(CN2CCC3(CC2)CC(NC(=O)OC(C)(C)C)C3)NC(c2nccs2)=NC1c1ccc(F)cc1Br. The molecule has 2 aliphatic heterocycles. The van der Waals surface area contributed by atoms with Crippen molar-refractivity contribution < 1.29 is 23.5 Å². The predicted molar refractivity (Wildman–Crippen MR) is 163 cm³/mol. The molecule has 1 aromatic carbocycles. The van der Waals surface area contributed by atoms with Gasteiger partial charge in [0.15, 0.2) is 10.8 Å². The smallest absolute Gasteiger partial charge is 0.407 e. The number of aromatic nitrogens is 1. The number of ether oxygens (including phenoxy) is 2. The second kappa shape index (κ2) is 12.4. The van der Waals surface area contributed by atoms with Crippen molar-refractivity contribution >= 4 is 45.2 Å². The normalized spacial score (nSPS) is 20.9. The van der Waals surface area contributed by atoms with Gasteiger partial charge in [-0.15, -0.1) is 11.3 Å². The Kier molecular flexibility index (Phi) is 9.05. The Morgan fingerprint density at radius 1 is 1.26 bits per heavy atom. The number of hydrogen-bond donors (Lipinski definition) is 2. The highest BCUT2D eigenvalue weighted by molar-refractivity contribution is 9.10. The number of carbonyl (C=O) groups excluding carboxylic acids is 2.